The van der Waals surface area contributed by atoms with Gasteiger partial charge >= 0.3 is 5.97 Å². The number of hydrogen-bond donors (Lipinski definition) is 1. The molecule has 0 aromatic heterocycles. The van der Waals surface area contributed by atoms with Crippen molar-refractivity contribution < 1.29 is 19.4 Å². The molecule has 0 aromatic carbocycles. The van der Waals surface area contributed by atoms with Crippen LogP contribution in [0.4, 0.5) is 0 Å². The lowest BCUT2D eigenvalue weighted by molar-refractivity contribution is -0.154. The zero-order valence-electron chi connectivity index (χ0n) is 33.7. The lowest BCUT2D eigenvalue weighted by Gasteiger charge is -2.16. The molecule has 0 rings (SSSR count). The number of rotatable bonds is 43. The molecule has 1 atom stereocenters. The molecule has 0 aromatic rings. The highest BCUT2D eigenvalue weighted by molar-refractivity contribution is 5.69. The van der Waals surface area contributed by atoms with Gasteiger partial charge < -0.3 is 14.6 Å². The standard InChI is InChI=1S/C45H90O4/c1-3-5-7-9-11-13-15-16-17-18-19-20-21-22-23-24-25-26-27-28-29-31-33-35-37-39-41-48-43-44(42-46)49-45(47)40-38-36-34-32-30-14-12-10-8-6-4-2/h44,46H,3-43H2,1-2H3. The third kappa shape index (κ3) is 41.7. The predicted octanol–water partition coefficient (Wildman–Crippen LogP) is 14.8. The highest BCUT2D eigenvalue weighted by atomic mass is 16.6. The third-order valence-corrected chi connectivity index (χ3v) is 10.4. The van der Waals surface area contributed by atoms with E-state index in [1.54, 1.807) is 0 Å². The first-order chi connectivity index (χ1) is 24.2. The molecule has 0 bridgehead atoms. The molecule has 0 fully saturated rings. The van der Waals surface area contributed by atoms with E-state index in [1.807, 2.05) is 0 Å². The van der Waals surface area contributed by atoms with E-state index in [-0.39, 0.29) is 12.6 Å². The van der Waals surface area contributed by atoms with Gasteiger partial charge in [-0.25, -0.2) is 0 Å². The fraction of sp³-hybridized carbons (Fsp3) is 0.978. The molecule has 0 saturated heterocycles. The first-order valence-corrected chi connectivity index (χ1v) is 22.6. The van der Waals surface area contributed by atoms with Crippen molar-refractivity contribution >= 4 is 5.97 Å². The topological polar surface area (TPSA) is 55.8 Å². The molecule has 4 nitrogen and oxygen atoms in total. The summed E-state index contributed by atoms with van der Waals surface area (Å²) in [6.45, 7) is 5.39. The van der Waals surface area contributed by atoms with E-state index >= 15 is 0 Å². The molecule has 0 spiro atoms. The Morgan fingerprint density at radius 1 is 0.408 bits per heavy atom. The average Bonchev–Trinajstić information content (AvgIpc) is 3.11. The van der Waals surface area contributed by atoms with Crippen LogP contribution in [0.1, 0.15) is 258 Å². The zero-order chi connectivity index (χ0) is 35.6. The van der Waals surface area contributed by atoms with E-state index in [0.717, 1.165) is 19.3 Å². The van der Waals surface area contributed by atoms with Crippen LogP contribution in [0.3, 0.4) is 0 Å². The maximum atomic E-state index is 12.1. The van der Waals surface area contributed by atoms with Crippen LogP contribution in [0.15, 0.2) is 0 Å². The average molecular weight is 695 g/mol. The Kier molecular flexibility index (Phi) is 43.0. The van der Waals surface area contributed by atoms with Crippen LogP contribution in [0.5, 0.6) is 0 Å². The van der Waals surface area contributed by atoms with Gasteiger partial charge in [-0.2, -0.15) is 0 Å². The number of carbonyl (C=O) groups excluding carboxylic acids is 1. The van der Waals surface area contributed by atoms with Crippen molar-refractivity contribution in [3.8, 4) is 0 Å². The monoisotopic (exact) mass is 695 g/mol. The number of ether oxygens (including phenoxy) is 2. The maximum Gasteiger partial charge on any atom is 0.306 e. The van der Waals surface area contributed by atoms with Crippen LogP contribution in [0, 0.1) is 0 Å². The number of hydrogen-bond acceptors (Lipinski definition) is 4. The van der Waals surface area contributed by atoms with Crippen LogP contribution < -0.4 is 0 Å². The first-order valence-electron chi connectivity index (χ1n) is 22.6. The van der Waals surface area contributed by atoms with Gasteiger partial charge in [-0.1, -0.05) is 239 Å². The van der Waals surface area contributed by atoms with E-state index in [9.17, 15) is 9.90 Å². The Morgan fingerprint density at radius 2 is 0.673 bits per heavy atom. The first kappa shape index (κ1) is 48.4. The molecule has 0 saturated carbocycles. The fourth-order valence-corrected chi connectivity index (χ4v) is 7.04. The van der Waals surface area contributed by atoms with Gasteiger partial charge in [0.25, 0.3) is 0 Å². The molecular weight excluding hydrogens is 604 g/mol. The summed E-state index contributed by atoms with van der Waals surface area (Å²) in [5.41, 5.74) is 0. The van der Waals surface area contributed by atoms with Gasteiger partial charge in [0, 0.05) is 13.0 Å². The van der Waals surface area contributed by atoms with Crippen molar-refractivity contribution in [3.63, 3.8) is 0 Å². The number of unbranched alkanes of at least 4 members (excludes halogenated alkanes) is 35. The summed E-state index contributed by atoms with van der Waals surface area (Å²) in [5.74, 6) is -0.196. The van der Waals surface area contributed by atoms with E-state index in [4.69, 9.17) is 9.47 Å². The summed E-state index contributed by atoms with van der Waals surface area (Å²) in [5, 5.41) is 9.58. The Hall–Kier alpha value is -0.610. The van der Waals surface area contributed by atoms with Crippen molar-refractivity contribution in [2.75, 3.05) is 19.8 Å². The van der Waals surface area contributed by atoms with Crippen molar-refractivity contribution in [1.82, 2.24) is 0 Å². The van der Waals surface area contributed by atoms with Gasteiger partial charge in [0.2, 0.25) is 0 Å². The van der Waals surface area contributed by atoms with Gasteiger partial charge in [0.1, 0.15) is 6.10 Å². The highest BCUT2D eigenvalue weighted by Crippen LogP contribution is 2.17. The van der Waals surface area contributed by atoms with Crippen molar-refractivity contribution in [2.24, 2.45) is 0 Å². The van der Waals surface area contributed by atoms with Crippen molar-refractivity contribution in [1.29, 1.82) is 0 Å². The normalized spacial score (nSPS) is 12.1. The largest absolute Gasteiger partial charge is 0.457 e. The lowest BCUT2D eigenvalue weighted by atomic mass is 10.0. The van der Waals surface area contributed by atoms with Gasteiger partial charge in [-0.05, 0) is 12.8 Å². The second-order valence-corrected chi connectivity index (χ2v) is 15.5. The molecule has 1 unspecified atom stereocenters. The summed E-state index contributed by atoms with van der Waals surface area (Å²) < 4.78 is 11.2. The van der Waals surface area contributed by atoms with Crippen LogP contribution in [0.25, 0.3) is 0 Å². The maximum absolute atomic E-state index is 12.1. The molecule has 4 heteroatoms. The second kappa shape index (κ2) is 43.6. The molecule has 0 heterocycles. The van der Waals surface area contributed by atoms with E-state index in [2.05, 4.69) is 13.8 Å². The predicted molar refractivity (Wildman–Crippen MR) is 215 cm³/mol. The van der Waals surface area contributed by atoms with Crippen LogP contribution in [0.2, 0.25) is 0 Å². The Bertz CT molecular complexity index is 609. The fourth-order valence-electron chi connectivity index (χ4n) is 7.04. The van der Waals surface area contributed by atoms with E-state index < -0.39 is 6.10 Å². The minimum atomic E-state index is -0.524. The molecule has 0 aliphatic heterocycles. The number of carbonyl (C=O) groups is 1. The summed E-state index contributed by atoms with van der Waals surface area (Å²) in [6, 6.07) is 0. The minimum absolute atomic E-state index is 0.163. The molecule has 0 aliphatic carbocycles. The number of aliphatic hydroxyl groups is 1. The summed E-state index contributed by atoms with van der Waals surface area (Å²) >= 11 is 0. The highest BCUT2D eigenvalue weighted by Gasteiger charge is 2.13. The summed E-state index contributed by atoms with van der Waals surface area (Å²) in [6.07, 6.45) is 50.4. The molecule has 1 N–H and O–H groups in total. The van der Waals surface area contributed by atoms with Crippen LogP contribution >= 0.6 is 0 Å². The molecular formula is C45H90O4. The van der Waals surface area contributed by atoms with E-state index in [0.29, 0.717) is 19.6 Å². The molecule has 49 heavy (non-hydrogen) atoms. The molecule has 0 amide bonds. The Morgan fingerprint density at radius 3 is 0.959 bits per heavy atom. The number of aliphatic hydroxyl groups excluding tert-OH is 1. The summed E-state index contributed by atoms with van der Waals surface area (Å²) in [7, 11) is 0. The zero-order valence-corrected chi connectivity index (χ0v) is 33.7. The van der Waals surface area contributed by atoms with Crippen molar-refractivity contribution in [3.05, 3.63) is 0 Å². The van der Waals surface area contributed by atoms with Gasteiger partial charge in [-0.15, -0.1) is 0 Å². The molecule has 294 valence electrons. The lowest BCUT2D eigenvalue weighted by Crippen LogP contribution is -2.27. The Labute approximate surface area is 308 Å². The molecule has 0 aliphatic rings. The second-order valence-electron chi connectivity index (χ2n) is 15.5. The van der Waals surface area contributed by atoms with Gasteiger partial charge in [-0.3, -0.25) is 4.79 Å². The number of esters is 1. The van der Waals surface area contributed by atoms with Crippen LogP contribution in [-0.4, -0.2) is 37.0 Å². The smallest absolute Gasteiger partial charge is 0.306 e. The third-order valence-electron chi connectivity index (χ3n) is 10.4. The van der Waals surface area contributed by atoms with E-state index in [1.165, 1.54) is 218 Å². The Balaban J connectivity index is 3.29. The van der Waals surface area contributed by atoms with Crippen LogP contribution in [-0.2, 0) is 14.3 Å². The summed E-state index contributed by atoms with van der Waals surface area (Å²) in [4.78, 5) is 12.1. The SMILES string of the molecule is CCCCCCCCCCCCCCCCCCCCCCCCCCCCOCC(CO)OC(=O)CCCCCCCCCCCCC. The van der Waals surface area contributed by atoms with Crippen molar-refractivity contribution in [2.45, 2.75) is 264 Å². The molecule has 0 radical (unpaired) electrons. The van der Waals surface area contributed by atoms with Gasteiger partial charge in [0.05, 0.1) is 13.2 Å². The van der Waals surface area contributed by atoms with Gasteiger partial charge in [0.15, 0.2) is 0 Å². The quantitative estimate of drug-likeness (QED) is 0.0510. The minimum Gasteiger partial charge on any atom is -0.457 e.